The van der Waals surface area contributed by atoms with Gasteiger partial charge in [-0.1, -0.05) is 6.92 Å². The molecule has 3 fully saturated rings. The van der Waals surface area contributed by atoms with E-state index in [1.807, 2.05) is 0 Å². The molecule has 0 spiro atoms. The number of nitrogens with one attached hydrogen (secondary N) is 1. The Balaban J connectivity index is 1.28. The summed E-state index contributed by atoms with van der Waals surface area (Å²) >= 11 is 1.82. The molecule has 5 N–H and O–H groups in total. The number of ether oxygens (including phenoxy) is 4. The van der Waals surface area contributed by atoms with E-state index >= 15 is 8.96 Å². The average molecular weight is 952 g/mol. The van der Waals surface area contributed by atoms with Gasteiger partial charge in [0, 0.05) is 5.92 Å². The summed E-state index contributed by atoms with van der Waals surface area (Å²) in [6.07, 6.45) is -8.00. The second-order valence-corrected chi connectivity index (χ2v) is 24.9. The smallest absolute Gasteiger partial charge is 0.390 e. The highest BCUT2D eigenvalue weighted by atomic mass is 32.7. The van der Waals surface area contributed by atoms with Gasteiger partial charge in [0.05, 0.1) is 30.5 Å². The highest BCUT2D eigenvalue weighted by Crippen LogP contribution is 2.67. The van der Waals surface area contributed by atoms with Crippen LogP contribution < -0.4 is 17.0 Å². The Kier molecular flexibility index (Phi) is 13.0. The molecule has 0 saturated carbocycles. The zero-order chi connectivity index (χ0) is 44.2. The number of carbonyl (C=O) groups excluding carboxylic acids is 2. The Morgan fingerprint density at radius 3 is 2.15 bits per heavy atom. The van der Waals surface area contributed by atoms with Crippen molar-refractivity contribution < 1.29 is 60.2 Å². The fourth-order valence-electron chi connectivity index (χ4n) is 6.56. The molecule has 0 aliphatic carbocycles. The van der Waals surface area contributed by atoms with Crippen LogP contribution in [0.2, 0.25) is 0 Å². The summed E-state index contributed by atoms with van der Waals surface area (Å²) in [7, 11) is 0. The molecule has 4 aromatic heterocycles. The molecule has 7 rings (SSSR count). The van der Waals surface area contributed by atoms with Gasteiger partial charge >= 0.3 is 25.5 Å². The second-order valence-electron chi connectivity index (χ2n) is 16.1. The maximum Gasteiger partial charge on any atom is 0.390 e. The highest BCUT2D eigenvalue weighted by molar-refractivity contribution is 8.55. The lowest BCUT2D eigenvalue weighted by atomic mass is 9.98. The number of rotatable bonds is 8. The molecule has 61 heavy (non-hydrogen) atoms. The molecule has 0 amide bonds. The number of aromatic nitrogens is 7. The van der Waals surface area contributed by atoms with E-state index in [4.69, 9.17) is 48.5 Å². The van der Waals surface area contributed by atoms with Crippen molar-refractivity contribution in [1.82, 2.24) is 33.9 Å². The molecule has 334 valence electrons. The molecular formula is C33H44FN9O13P2S3. The quantitative estimate of drug-likeness (QED) is 0.157. The van der Waals surface area contributed by atoms with E-state index in [2.05, 4.69) is 29.3 Å². The first-order valence-electron chi connectivity index (χ1n) is 18.6. The largest absolute Gasteiger partial charge is 0.459 e. The Morgan fingerprint density at radius 1 is 0.918 bits per heavy atom. The van der Waals surface area contributed by atoms with E-state index in [0.29, 0.717) is 22.8 Å². The zero-order valence-corrected chi connectivity index (χ0v) is 38.0. The Morgan fingerprint density at radius 2 is 1.52 bits per heavy atom. The van der Waals surface area contributed by atoms with Gasteiger partial charge in [0.1, 0.15) is 64.5 Å². The van der Waals surface area contributed by atoms with Crippen molar-refractivity contribution in [3.05, 3.63) is 27.9 Å². The van der Waals surface area contributed by atoms with Crippen LogP contribution in [0, 0.1) is 5.92 Å². The third-order valence-electron chi connectivity index (χ3n) is 9.11. The molecule has 3 aliphatic rings. The number of carbonyl (C=O) groups is 2. The predicted octanol–water partition coefficient (Wildman–Crippen LogP) is 4.88. The third-order valence-corrected chi connectivity index (χ3v) is 17.1. The lowest BCUT2D eigenvalue weighted by Crippen LogP contribution is -2.34. The minimum Gasteiger partial charge on any atom is -0.459 e. The summed E-state index contributed by atoms with van der Waals surface area (Å²) in [5.41, 5.74) is 9.75. The number of hydrogen-bond acceptors (Lipinski definition) is 23. The van der Waals surface area contributed by atoms with Gasteiger partial charge < -0.3 is 30.4 Å². The summed E-state index contributed by atoms with van der Waals surface area (Å²) in [6, 6.07) is 0. The summed E-state index contributed by atoms with van der Waals surface area (Å²) in [5, 5.41) is 0. The van der Waals surface area contributed by atoms with E-state index < -0.39 is 116 Å². The number of imidazole rings is 1. The molecular weight excluding hydrogens is 908 g/mol. The summed E-state index contributed by atoms with van der Waals surface area (Å²) in [6.45, 7) is 1.23. The number of hydrogen-bond donors (Lipinski definition) is 3. The van der Waals surface area contributed by atoms with E-state index in [-0.39, 0.29) is 38.8 Å². The lowest BCUT2D eigenvalue weighted by molar-refractivity contribution is -0.152. The highest BCUT2D eigenvalue weighted by Gasteiger charge is 2.55. The van der Waals surface area contributed by atoms with Crippen LogP contribution >= 0.6 is 47.9 Å². The number of anilines is 2. The molecule has 10 atom stereocenters. The van der Waals surface area contributed by atoms with Crippen molar-refractivity contribution in [2.75, 3.05) is 36.2 Å². The molecule has 2 bridgehead atoms. The van der Waals surface area contributed by atoms with Crippen molar-refractivity contribution in [1.29, 1.82) is 0 Å². The summed E-state index contributed by atoms with van der Waals surface area (Å²) in [5.74, 6) is -3.51. The van der Waals surface area contributed by atoms with Crippen molar-refractivity contribution in [2.24, 2.45) is 5.92 Å². The number of fused-ring (bicyclic) bond motifs is 5. The monoisotopic (exact) mass is 951 g/mol. The van der Waals surface area contributed by atoms with Crippen LogP contribution in [0.15, 0.2) is 17.4 Å². The number of nitrogens with zero attached hydrogens (tertiary/aromatic N) is 6. The number of H-pyrrole nitrogens is 1. The molecule has 4 aromatic rings. The standard InChI is InChI=1S/C33H44FN9O13P2S3/c1-14-15-8-49-58(48,60-11-18(45)54-33(5,6)7)56-24-16(52-30(19(24)34)43-13-39-22-27(35)37-12-38-28(22)43)9-50-57(47,59-10-17(44)53-32(2,3)4)55-23(14)25(51-15)26-20-21(42-61-26)29(46)41-31(36)40-20/h12-16,19,23-25,30H,8-11H2,1-7H3,(H2,35,37,38)(H3,36,40,41,46)/t14-,15-,16-,19-,23-,24-,25-,30-,57+,58-/m1/s1. The minimum absolute atomic E-state index is 0.0117. The van der Waals surface area contributed by atoms with Gasteiger partial charge in [-0.15, -0.1) is 0 Å². The van der Waals surface area contributed by atoms with Gasteiger partial charge in [-0.25, -0.2) is 33.5 Å². The van der Waals surface area contributed by atoms with E-state index in [1.165, 1.54) is 10.9 Å². The summed E-state index contributed by atoms with van der Waals surface area (Å²) in [4.78, 5) is 57.9. The second kappa shape index (κ2) is 17.4. The van der Waals surface area contributed by atoms with Crippen molar-refractivity contribution >= 4 is 93.8 Å². The molecule has 0 aromatic carbocycles. The molecule has 0 radical (unpaired) electrons. The third kappa shape index (κ3) is 10.2. The van der Waals surface area contributed by atoms with Crippen LogP contribution in [0.25, 0.3) is 22.2 Å². The fourth-order valence-corrected chi connectivity index (χ4v) is 13.6. The van der Waals surface area contributed by atoms with Crippen molar-refractivity contribution in [2.45, 2.75) is 103 Å². The molecule has 3 saturated heterocycles. The Labute approximate surface area is 359 Å². The molecule has 22 nitrogen and oxygen atoms in total. The summed E-state index contributed by atoms with van der Waals surface area (Å²) < 4.78 is 100. The van der Waals surface area contributed by atoms with Crippen molar-refractivity contribution in [3.8, 4) is 0 Å². The first-order valence-corrected chi connectivity index (χ1v) is 25.7. The zero-order valence-electron chi connectivity index (χ0n) is 33.7. The van der Waals surface area contributed by atoms with E-state index in [0.717, 1.165) is 17.9 Å². The van der Waals surface area contributed by atoms with Crippen LogP contribution in [-0.2, 0) is 55.8 Å². The Hall–Kier alpha value is -3.29. The van der Waals surface area contributed by atoms with Gasteiger partial charge in [0.2, 0.25) is 5.95 Å². The number of halogens is 1. The lowest BCUT2D eigenvalue weighted by Gasteiger charge is -2.28. The van der Waals surface area contributed by atoms with Gasteiger partial charge in [-0.3, -0.25) is 42.0 Å². The van der Waals surface area contributed by atoms with Gasteiger partial charge in [0.15, 0.2) is 29.4 Å². The van der Waals surface area contributed by atoms with Crippen LogP contribution in [0.5, 0.6) is 0 Å². The number of alkyl halides is 1. The first-order chi connectivity index (χ1) is 28.5. The number of aromatic amines is 1. The van der Waals surface area contributed by atoms with E-state index in [9.17, 15) is 18.9 Å². The SMILES string of the molecule is C[C@H]1[C@H]2O[P@@](=O)(SCC(=O)OC(C)(C)C)OC[C@H]3O[C@@H](n4cnc5c(N)ncnc54)[C@H](F)[C@@H]3O[P@](=O)(SCC(=O)OC(C)(C)C)OC[C@H]1O[C@H]2c1snc2c(=O)[nH]c(N)nc12. The maximum absolute atomic E-state index is 17.0. The predicted molar refractivity (Wildman–Crippen MR) is 221 cm³/mol. The Bertz CT molecular complexity index is 2460. The van der Waals surface area contributed by atoms with Crippen molar-refractivity contribution in [3.63, 3.8) is 0 Å². The topological polar surface area (TPSA) is 296 Å². The number of nitrogen functional groups attached to an aromatic ring is 2. The molecule has 28 heteroatoms. The molecule has 3 aliphatic heterocycles. The van der Waals surface area contributed by atoms with Gasteiger partial charge in [-0.2, -0.15) is 4.37 Å². The fraction of sp³-hybridized carbons (Fsp3) is 0.636. The molecule has 0 unspecified atom stereocenters. The average Bonchev–Trinajstić information content (AvgIpc) is 3.92. The van der Waals surface area contributed by atoms with Gasteiger partial charge in [0.25, 0.3) is 5.56 Å². The van der Waals surface area contributed by atoms with Crippen LogP contribution in [0.3, 0.4) is 0 Å². The van der Waals surface area contributed by atoms with Gasteiger partial charge in [-0.05, 0) is 75.8 Å². The minimum atomic E-state index is -4.60. The van der Waals surface area contributed by atoms with Crippen LogP contribution in [-0.4, -0.2) is 112 Å². The van der Waals surface area contributed by atoms with Crippen LogP contribution in [0.4, 0.5) is 16.2 Å². The number of nitrogens with two attached hydrogens (primary N) is 2. The first kappa shape index (κ1) is 45.7. The maximum atomic E-state index is 17.0. The van der Waals surface area contributed by atoms with Crippen LogP contribution in [0.1, 0.15) is 65.7 Å². The normalized spacial score (nSPS) is 31.3. The van der Waals surface area contributed by atoms with E-state index in [1.54, 1.807) is 48.5 Å². The number of esters is 2. The molecule has 7 heterocycles.